The molecule has 0 radical (unpaired) electrons. The molecule has 1 aliphatic rings. The molecule has 2 heterocycles. The van der Waals surface area contributed by atoms with Crippen LogP contribution in [0.25, 0.3) is 10.2 Å². The van der Waals surface area contributed by atoms with Gasteiger partial charge in [0.05, 0.1) is 36.3 Å². The van der Waals surface area contributed by atoms with Gasteiger partial charge < -0.3 is 5.32 Å². The molecule has 0 saturated heterocycles. The first-order valence-corrected chi connectivity index (χ1v) is 12.2. The van der Waals surface area contributed by atoms with Crippen molar-refractivity contribution in [1.29, 1.82) is 0 Å². The standard InChI is InChI=1S/C19H13Cl2N3O5S2/c1-8(24-17(26)10-6-12(20)13(21)7-11(10)18(24)27)16(25)23-19-22-14-4-3-9(31(2,28)29)5-15(14)30-19/h3-8H,1-2H3,(H,22,23,25). The second-order valence-electron chi connectivity index (χ2n) is 6.88. The van der Waals surface area contributed by atoms with E-state index < -0.39 is 33.6 Å². The summed E-state index contributed by atoms with van der Waals surface area (Å²) in [5, 5.41) is 3.04. The molecule has 3 aromatic rings. The van der Waals surface area contributed by atoms with Crippen LogP contribution < -0.4 is 5.32 Å². The summed E-state index contributed by atoms with van der Waals surface area (Å²) in [5.41, 5.74) is 0.657. The van der Waals surface area contributed by atoms with Gasteiger partial charge in [0.2, 0.25) is 5.91 Å². The van der Waals surface area contributed by atoms with Crippen molar-refractivity contribution in [3.8, 4) is 0 Å². The van der Waals surface area contributed by atoms with Gasteiger partial charge in [0.1, 0.15) is 6.04 Å². The van der Waals surface area contributed by atoms with Crippen LogP contribution >= 0.6 is 34.5 Å². The molecular formula is C19H13Cl2N3O5S2. The average molecular weight is 498 g/mol. The van der Waals surface area contributed by atoms with E-state index in [-0.39, 0.29) is 31.2 Å². The lowest BCUT2D eigenvalue weighted by molar-refractivity contribution is -0.119. The molecule has 1 unspecified atom stereocenters. The van der Waals surface area contributed by atoms with Crippen molar-refractivity contribution in [3.63, 3.8) is 0 Å². The number of sulfone groups is 1. The zero-order valence-electron chi connectivity index (χ0n) is 16.0. The second kappa shape index (κ2) is 7.56. The van der Waals surface area contributed by atoms with Crippen LogP contribution in [0.1, 0.15) is 27.6 Å². The Balaban J connectivity index is 1.58. The molecule has 3 amide bonds. The molecule has 2 aromatic carbocycles. The first kappa shape index (κ1) is 21.7. The number of nitrogens with one attached hydrogen (secondary N) is 1. The van der Waals surface area contributed by atoms with Crippen LogP contribution in [0.5, 0.6) is 0 Å². The summed E-state index contributed by atoms with van der Waals surface area (Å²) >= 11 is 13.0. The number of hydrogen-bond donors (Lipinski definition) is 1. The maximum absolute atomic E-state index is 12.7. The third kappa shape index (κ3) is 3.80. The van der Waals surface area contributed by atoms with Gasteiger partial charge in [-0.2, -0.15) is 0 Å². The van der Waals surface area contributed by atoms with Crippen LogP contribution in [0.4, 0.5) is 5.13 Å². The predicted molar refractivity (Wildman–Crippen MR) is 118 cm³/mol. The molecule has 8 nitrogen and oxygen atoms in total. The van der Waals surface area contributed by atoms with Crippen LogP contribution in [-0.4, -0.2) is 48.3 Å². The molecule has 31 heavy (non-hydrogen) atoms. The number of amides is 3. The quantitative estimate of drug-likeness (QED) is 0.550. The van der Waals surface area contributed by atoms with Gasteiger partial charge in [0.25, 0.3) is 11.8 Å². The highest BCUT2D eigenvalue weighted by molar-refractivity contribution is 7.90. The number of hydrogen-bond acceptors (Lipinski definition) is 7. The Kier molecular flexibility index (Phi) is 5.29. The number of carbonyl (C=O) groups excluding carboxylic acids is 3. The Labute approximate surface area is 190 Å². The Morgan fingerprint density at radius 3 is 2.23 bits per heavy atom. The highest BCUT2D eigenvalue weighted by Gasteiger charge is 2.41. The minimum atomic E-state index is -3.39. The number of rotatable bonds is 4. The first-order chi connectivity index (χ1) is 14.5. The van der Waals surface area contributed by atoms with Gasteiger partial charge in [-0.1, -0.05) is 34.5 Å². The maximum atomic E-state index is 12.7. The SMILES string of the molecule is CC(C(=O)Nc1nc2ccc(S(C)(=O)=O)cc2s1)N1C(=O)c2cc(Cl)c(Cl)cc2C1=O. The van der Waals surface area contributed by atoms with Crippen LogP contribution in [0.15, 0.2) is 35.2 Å². The van der Waals surface area contributed by atoms with Crippen molar-refractivity contribution in [1.82, 2.24) is 9.88 Å². The number of halogens is 2. The minimum absolute atomic E-state index is 0.0762. The van der Waals surface area contributed by atoms with Crippen LogP contribution in [0.2, 0.25) is 10.0 Å². The largest absolute Gasteiger partial charge is 0.300 e. The van der Waals surface area contributed by atoms with Crippen molar-refractivity contribution < 1.29 is 22.8 Å². The number of aromatic nitrogens is 1. The predicted octanol–water partition coefficient (Wildman–Crippen LogP) is 3.63. The van der Waals surface area contributed by atoms with Gasteiger partial charge in [-0.3, -0.25) is 19.3 Å². The topological polar surface area (TPSA) is 114 Å². The highest BCUT2D eigenvalue weighted by atomic mass is 35.5. The molecule has 0 fully saturated rings. The van der Waals surface area contributed by atoms with Gasteiger partial charge in [-0.25, -0.2) is 13.4 Å². The van der Waals surface area contributed by atoms with Crippen molar-refractivity contribution in [3.05, 3.63) is 51.5 Å². The molecular weight excluding hydrogens is 485 g/mol. The normalized spacial score (nSPS) is 14.8. The van der Waals surface area contributed by atoms with E-state index in [1.54, 1.807) is 6.07 Å². The third-order valence-electron chi connectivity index (χ3n) is 4.74. The number of nitrogens with zero attached hydrogens (tertiary/aromatic N) is 2. The summed E-state index contributed by atoms with van der Waals surface area (Å²) in [6, 6.07) is 5.91. The number of fused-ring (bicyclic) bond motifs is 2. The smallest absolute Gasteiger partial charge is 0.262 e. The van der Waals surface area contributed by atoms with Crippen molar-refractivity contribution in [2.75, 3.05) is 11.6 Å². The number of thiazole rings is 1. The van der Waals surface area contributed by atoms with Gasteiger partial charge in [0.15, 0.2) is 15.0 Å². The van der Waals surface area contributed by atoms with Gasteiger partial charge in [-0.05, 0) is 37.3 Å². The zero-order valence-corrected chi connectivity index (χ0v) is 19.1. The Hall–Kier alpha value is -2.53. The van der Waals surface area contributed by atoms with Gasteiger partial charge >= 0.3 is 0 Å². The maximum Gasteiger partial charge on any atom is 0.262 e. The van der Waals surface area contributed by atoms with Crippen LogP contribution in [0.3, 0.4) is 0 Å². The van der Waals surface area contributed by atoms with Gasteiger partial charge in [-0.15, -0.1) is 0 Å². The molecule has 0 saturated carbocycles. The molecule has 0 aliphatic carbocycles. The van der Waals surface area contributed by atoms with E-state index in [0.717, 1.165) is 22.5 Å². The summed E-state index contributed by atoms with van der Waals surface area (Å²) in [4.78, 5) is 43.4. The molecule has 160 valence electrons. The highest BCUT2D eigenvalue weighted by Crippen LogP contribution is 2.33. The first-order valence-electron chi connectivity index (χ1n) is 8.76. The monoisotopic (exact) mass is 497 g/mol. The van der Waals surface area contributed by atoms with Crippen LogP contribution in [-0.2, 0) is 14.6 Å². The summed E-state index contributed by atoms with van der Waals surface area (Å²) in [5.74, 6) is -1.93. The number of benzene rings is 2. The lowest BCUT2D eigenvalue weighted by Gasteiger charge is -2.21. The van der Waals surface area contributed by atoms with E-state index in [9.17, 15) is 22.8 Å². The van der Waals surface area contributed by atoms with Gasteiger partial charge in [0, 0.05) is 6.26 Å². The Morgan fingerprint density at radius 1 is 1.10 bits per heavy atom. The lowest BCUT2D eigenvalue weighted by atomic mass is 10.1. The molecule has 12 heteroatoms. The molecule has 1 aliphatic heterocycles. The zero-order chi connectivity index (χ0) is 22.7. The molecule has 1 atom stereocenters. The number of imide groups is 1. The second-order valence-corrected chi connectivity index (χ2v) is 10.7. The van der Waals surface area contributed by atoms with E-state index in [2.05, 4.69) is 10.3 Å². The summed E-state index contributed by atoms with van der Waals surface area (Å²) in [6.07, 6.45) is 1.10. The fraction of sp³-hybridized carbons (Fsp3) is 0.158. The Bertz CT molecular complexity index is 1360. The van der Waals surface area contributed by atoms with E-state index >= 15 is 0 Å². The molecule has 1 aromatic heterocycles. The number of carbonyl (C=O) groups is 3. The minimum Gasteiger partial charge on any atom is -0.300 e. The van der Waals surface area contributed by atoms with Crippen LogP contribution in [0, 0.1) is 0 Å². The Morgan fingerprint density at radius 2 is 1.68 bits per heavy atom. The summed E-state index contributed by atoms with van der Waals surface area (Å²) < 4.78 is 24.0. The summed E-state index contributed by atoms with van der Waals surface area (Å²) in [7, 11) is -3.39. The molecule has 0 bridgehead atoms. The molecule has 1 N–H and O–H groups in total. The lowest BCUT2D eigenvalue weighted by Crippen LogP contribution is -2.45. The van der Waals surface area contributed by atoms with Crippen molar-refractivity contribution in [2.45, 2.75) is 17.9 Å². The average Bonchev–Trinajstić information content (AvgIpc) is 3.19. The molecule has 0 spiro atoms. The van der Waals surface area contributed by atoms with E-state index in [0.29, 0.717) is 10.2 Å². The van der Waals surface area contributed by atoms with Crippen molar-refractivity contribution >= 4 is 77.4 Å². The fourth-order valence-corrected chi connectivity index (χ4v) is 5.08. The van der Waals surface area contributed by atoms with E-state index in [1.165, 1.54) is 31.2 Å². The fourth-order valence-electron chi connectivity index (χ4n) is 3.12. The van der Waals surface area contributed by atoms with E-state index in [1.807, 2.05) is 0 Å². The summed E-state index contributed by atoms with van der Waals surface area (Å²) in [6.45, 7) is 1.41. The van der Waals surface area contributed by atoms with Crippen molar-refractivity contribution in [2.24, 2.45) is 0 Å². The third-order valence-corrected chi connectivity index (χ3v) is 7.51. The number of anilines is 1. The van der Waals surface area contributed by atoms with E-state index in [4.69, 9.17) is 23.2 Å². The molecule has 4 rings (SSSR count).